The summed E-state index contributed by atoms with van der Waals surface area (Å²) in [7, 11) is 1.46. The van der Waals surface area contributed by atoms with Crippen molar-refractivity contribution in [2.45, 2.75) is 23.6 Å². The maximum atomic E-state index is 13.1. The lowest BCUT2D eigenvalue weighted by Gasteiger charge is -2.45. The average Bonchev–Trinajstić information content (AvgIpc) is 2.65. The van der Waals surface area contributed by atoms with Crippen molar-refractivity contribution in [2.75, 3.05) is 7.11 Å². The van der Waals surface area contributed by atoms with Gasteiger partial charge in [-0.2, -0.15) is 0 Å². The molecule has 142 valence electrons. The zero-order valence-corrected chi connectivity index (χ0v) is 19.4. The van der Waals surface area contributed by atoms with Crippen molar-refractivity contribution in [3.63, 3.8) is 0 Å². The second kappa shape index (κ2) is 7.33. The fraction of sp³-hybridized carbons (Fsp3) is 0.300. The van der Waals surface area contributed by atoms with Gasteiger partial charge >= 0.3 is 0 Å². The van der Waals surface area contributed by atoms with Crippen LogP contribution < -0.4 is 4.74 Å². The number of methoxy groups -OCH3 is 1. The molecule has 3 rings (SSSR count). The van der Waals surface area contributed by atoms with Crippen LogP contribution in [0.1, 0.15) is 24.8 Å². The van der Waals surface area contributed by atoms with Crippen LogP contribution in [-0.2, 0) is 9.59 Å². The summed E-state index contributed by atoms with van der Waals surface area (Å²) in [6, 6.07) is 1.68. The Morgan fingerprint density at radius 3 is 2.59 bits per heavy atom. The summed E-state index contributed by atoms with van der Waals surface area (Å²) in [5.41, 5.74) is 2.01. The van der Waals surface area contributed by atoms with Crippen molar-refractivity contribution in [1.82, 2.24) is 0 Å². The SMILES string of the molecule is C=CC1=CCC2C(=O)C(C)=CC(=O)C2(Br)C1c1cc(OC)c(O)c(Br)c1Br. The molecular weight excluding hydrogens is 544 g/mol. The molecule has 0 aliphatic heterocycles. The largest absolute Gasteiger partial charge is 0.503 e. The number of rotatable bonds is 3. The zero-order valence-electron chi connectivity index (χ0n) is 14.7. The first-order valence-corrected chi connectivity index (χ1v) is 10.6. The number of carbonyl (C=O) groups excluding carboxylic acids is 2. The maximum Gasteiger partial charge on any atom is 0.174 e. The first kappa shape index (κ1) is 20.6. The molecule has 0 radical (unpaired) electrons. The first-order chi connectivity index (χ1) is 12.7. The molecule has 0 spiro atoms. The minimum Gasteiger partial charge on any atom is -0.503 e. The average molecular weight is 561 g/mol. The minimum atomic E-state index is -1.13. The van der Waals surface area contributed by atoms with E-state index in [2.05, 4.69) is 54.4 Å². The molecular formula is C20H17Br3O4. The van der Waals surface area contributed by atoms with Crippen LogP contribution in [-0.4, -0.2) is 28.1 Å². The van der Waals surface area contributed by atoms with Gasteiger partial charge < -0.3 is 9.84 Å². The lowest BCUT2D eigenvalue weighted by Crippen LogP contribution is -2.53. The Labute approximate surface area is 182 Å². The van der Waals surface area contributed by atoms with Gasteiger partial charge in [0.05, 0.1) is 11.6 Å². The topological polar surface area (TPSA) is 63.6 Å². The fourth-order valence-electron chi connectivity index (χ4n) is 3.84. The Morgan fingerprint density at radius 1 is 1.33 bits per heavy atom. The van der Waals surface area contributed by atoms with Gasteiger partial charge in [0.25, 0.3) is 0 Å². The summed E-state index contributed by atoms with van der Waals surface area (Å²) in [6.45, 7) is 5.56. The number of aromatic hydroxyl groups is 1. The molecule has 1 aromatic rings. The van der Waals surface area contributed by atoms with Gasteiger partial charge in [0.2, 0.25) is 0 Å². The number of phenolic OH excluding ortho intramolecular Hbond substituents is 1. The summed E-state index contributed by atoms with van der Waals surface area (Å²) >= 11 is 10.6. The molecule has 0 saturated carbocycles. The van der Waals surface area contributed by atoms with E-state index in [1.807, 2.05) is 6.08 Å². The van der Waals surface area contributed by atoms with Crippen LogP contribution in [0.3, 0.4) is 0 Å². The Kier molecular flexibility index (Phi) is 5.58. The Balaban J connectivity index is 2.33. The van der Waals surface area contributed by atoms with Crippen LogP contribution in [0.15, 0.2) is 51.0 Å². The number of carbonyl (C=O) groups is 2. The van der Waals surface area contributed by atoms with Crippen molar-refractivity contribution in [2.24, 2.45) is 5.92 Å². The molecule has 2 aliphatic carbocycles. The number of benzene rings is 1. The van der Waals surface area contributed by atoms with E-state index in [0.717, 1.165) is 5.57 Å². The third-order valence-corrected chi connectivity index (χ3v) is 8.78. The van der Waals surface area contributed by atoms with E-state index in [4.69, 9.17) is 4.74 Å². The van der Waals surface area contributed by atoms with Crippen LogP contribution in [0.4, 0.5) is 0 Å². The quantitative estimate of drug-likeness (QED) is 0.505. The Morgan fingerprint density at radius 2 is 2.00 bits per heavy atom. The van der Waals surface area contributed by atoms with Gasteiger partial charge in [0.1, 0.15) is 4.32 Å². The van der Waals surface area contributed by atoms with Gasteiger partial charge in [-0.15, -0.1) is 0 Å². The lowest BCUT2D eigenvalue weighted by atomic mass is 9.63. The van der Waals surface area contributed by atoms with E-state index in [0.29, 0.717) is 26.5 Å². The summed E-state index contributed by atoms with van der Waals surface area (Å²) in [6.07, 6.45) is 5.51. The van der Waals surface area contributed by atoms with Crippen molar-refractivity contribution in [3.05, 3.63) is 56.5 Å². The molecule has 0 heterocycles. The van der Waals surface area contributed by atoms with Gasteiger partial charge in [-0.05, 0) is 74.1 Å². The van der Waals surface area contributed by atoms with Gasteiger partial charge in [0, 0.05) is 16.3 Å². The van der Waals surface area contributed by atoms with E-state index < -0.39 is 16.2 Å². The van der Waals surface area contributed by atoms with Gasteiger partial charge in [-0.1, -0.05) is 34.7 Å². The molecule has 27 heavy (non-hydrogen) atoms. The smallest absolute Gasteiger partial charge is 0.174 e. The number of fused-ring (bicyclic) bond motifs is 1. The highest BCUT2D eigenvalue weighted by Crippen LogP contribution is 2.57. The molecule has 3 unspecified atom stereocenters. The monoisotopic (exact) mass is 558 g/mol. The first-order valence-electron chi connectivity index (χ1n) is 8.21. The van der Waals surface area contributed by atoms with Crippen LogP contribution in [0.25, 0.3) is 0 Å². The summed E-state index contributed by atoms with van der Waals surface area (Å²) in [5, 5.41) is 10.3. The van der Waals surface area contributed by atoms with Crippen molar-refractivity contribution < 1.29 is 19.4 Å². The molecule has 0 bridgehead atoms. The second-order valence-electron chi connectivity index (χ2n) is 6.60. The molecule has 1 aromatic carbocycles. The number of hydrogen-bond acceptors (Lipinski definition) is 4. The van der Waals surface area contributed by atoms with E-state index in [9.17, 15) is 14.7 Å². The van der Waals surface area contributed by atoms with Gasteiger partial charge in [-0.25, -0.2) is 0 Å². The predicted molar refractivity (Wildman–Crippen MR) is 115 cm³/mol. The van der Waals surface area contributed by atoms with Gasteiger partial charge in [-0.3, -0.25) is 9.59 Å². The maximum absolute atomic E-state index is 13.1. The lowest BCUT2D eigenvalue weighted by molar-refractivity contribution is -0.128. The standard InChI is InChI=1S/C20H17Br3O4/c1-4-10-5-6-12-18(25)9(2)7-14(24)20(12,23)15(10)11-8-13(27-3)19(26)17(22)16(11)21/h4-5,7-8,12,15,26H,1,6H2,2-3H3. The minimum absolute atomic E-state index is 0.0447. The predicted octanol–water partition coefficient (Wildman–Crippen LogP) is 5.37. The number of alkyl halides is 1. The highest BCUT2D eigenvalue weighted by molar-refractivity contribution is 9.13. The number of phenols is 1. The van der Waals surface area contributed by atoms with Crippen molar-refractivity contribution in [1.29, 1.82) is 0 Å². The zero-order chi connectivity index (χ0) is 20.1. The van der Waals surface area contributed by atoms with Crippen LogP contribution in [0.5, 0.6) is 11.5 Å². The molecule has 4 nitrogen and oxygen atoms in total. The number of halogens is 3. The normalized spacial score (nSPS) is 27.6. The highest BCUT2D eigenvalue weighted by Gasteiger charge is 2.57. The number of hydrogen-bond donors (Lipinski definition) is 1. The molecule has 1 N–H and O–H groups in total. The third-order valence-electron chi connectivity index (χ3n) is 5.22. The molecule has 0 amide bonds. The van der Waals surface area contributed by atoms with E-state index in [1.165, 1.54) is 13.2 Å². The van der Waals surface area contributed by atoms with Crippen molar-refractivity contribution >= 4 is 59.4 Å². The number of ketones is 2. The molecule has 0 aromatic heterocycles. The molecule has 0 saturated heterocycles. The molecule has 3 atom stereocenters. The highest BCUT2D eigenvalue weighted by atomic mass is 79.9. The number of ether oxygens (including phenoxy) is 1. The molecule has 2 aliphatic rings. The summed E-state index contributed by atoms with van der Waals surface area (Å²) < 4.78 is 5.16. The number of Topliss-reactive ketones (excluding diaryl/α,β-unsaturated/α-hetero) is 1. The second-order valence-corrected chi connectivity index (χ2v) is 9.50. The van der Waals surface area contributed by atoms with Crippen LogP contribution in [0, 0.1) is 5.92 Å². The molecule has 0 fully saturated rings. The van der Waals surface area contributed by atoms with E-state index >= 15 is 0 Å². The fourth-order valence-corrected chi connectivity index (χ4v) is 5.81. The van der Waals surface area contributed by atoms with Crippen molar-refractivity contribution in [3.8, 4) is 11.5 Å². The number of allylic oxidation sites excluding steroid dienone is 5. The van der Waals surface area contributed by atoms with Gasteiger partial charge in [0.15, 0.2) is 23.1 Å². The summed E-state index contributed by atoms with van der Waals surface area (Å²) in [5.74, 6) is -0.990. The Hall–Kier alpha value is -1.18. The Bertz CT molecular complexity index is 932. The molecule has 7 heteroatoms. The summed E-state index contributed by atoms with van der Waals surface area (Å²) in [4.78, 5) is 25.9. The van der Waals surface area contributed by atoms with E-state index in [1.54, 1.807) is 19.1 Å². The third kappa shape index (κ3) is 2.98. The van der Waals surface area contributed by atoms with Crippen LogP contribution in [0.2, 0.25) is 0 Å². The van der Waals surface area contributed by atoms with E-state index in [-0.39, 0.29) is 23.1 Å². The van der Waals surface area contributed by atoms with Crippen LogP contribution >= 0.6 is 47.8 Å².